The lowest BCUT2D eigenvalue weighted by molar-refractivity contribution is -0.116. The van der Waals surface area contributed by atoms with Gasteiger partial charge in [-0.2, -0.15) is 0 Å². The lowest BCUT2D eigenvalue weighted by atomic mass is 10.1. The van der Waals surface area contributed by atoms with Gasteiger partial charge in [-0.05, 0) is 37.6 Å². The Morgan fingerprint density at radius 2 is 1.88 bits per heavy atom. The molecule has 1 amide bonds. The van der Waals surface area contributed by atoms with Crippen LogP contribution in [0.3, 0.4) is 0 Å². The Morgan fingerprint density at radius 3 is 2.64 bits per heavy atom. The number of carbonyl (C=O) groups excluding carboxylic acids is 2. The maximum absolute atomic E-state index is 12.5. The molecule has 0 spiro atoms. The van der Waals surface area contributed by atoms with Gasteiger partial charge in [-0.25, -0.2) is 4.98 Å². The second-order valence-corrected chi connectivity index (χ2v) is 5.80. The van der Waals surface area contributed by atoms with Crippen LogP contribution in [0.2, 0.25) is 0 Å². The number of carbonyl (C=O) groups is 2. The van der Waals surface area contributed by atoms with Crippen LogP contribution in [0.25, 0.3) is 10.9 Å². The first-order chi connectivity index (χ1) is 12.0. The molecule has 0 bridgehead atoms. The summed E-state index contributed by atoms with van der Waals surface area (Å²) in [6.07, 6.45) is 1.37. The van der Waals surface area contributed by atoms with E-state index >= 15 is 0 Å². The highest BCUT2D eigenvalue weighted by molar-refractivity contribution is 6.03. The first-order valence-corrected chi connectivity index (χ1v) is 7.82. The molecule has 6 heteroatoms. The third-order valence-electron chi connectivity index (χ3n) is 3.95. The highest BCUT2D eigenvalue weighted by atomic mass is 16.2. The molecule has 0 saturated carbocycles. The molecule has 25 heavy (non-hydrogen) atoms. The molecule has 0 radical (unpaired) electrons. The van der Waals surface area contributed by atoms with Crippen LogP contribution in [-0.2, 0) is 11.3 Å². The Bertz CT molecular complexity index is 1040. The van der Waals surface area contributed by atoms with Gasteiger partial charge in [-0.3, -0.25) is 19.0 Å². The summed E-state index contributed by atoms with van der Waals surface area (Å²) in [4.78, 5) is 40.7. The van der Waals surface area contributed by atoms with Crippen molar-refractivity contribution >= 4 is 28.3 Å². The molecule has 1 heterocycles. The quantitative estimate of drug-likeness (QED) is 0.743. The van der Waals surface area contributed by atoms with Gasteiger partial charge in [-0.15, -0.1) is 0 Å². The molecule has 6 nitrogen and oxygen atoms in total. The zero-order chi connectivity index (χ0) is 18.0. The molecule has 1 N–H and O–H groups in total. The molecule has 126 valence electrons. The largest absolute Gasteiger partial charge is 0.324 e. The summed E-state index contributed by atoms with van der Waals surface area (Å²) in [5, 5.41) is 3.15. The zero-order valence-corrected chi connectivity index (χ0v) is 13.9. The molecule has 3 rings (SSSR count). The van der Waals surface area contributed by atoms with Crippen LogP contribution in [0, 0.1) is 6.92 Å². The molecule has 2 aromatic carbocycles. The number of aromatic nitrogens is 2. The van der Waals surface area contributed by atoms with Crippen LogP contribution >= 0.6 is 0 Å². The van der Waals surface area contributed by atoms with E-state index in [0.29, 0.717) is 22.2 Å². The highest BCUT2D eigenvalue weighted by Crippen LogP contribution is 2.15. The summed E-state index contributed by atoms with van der Waals surface area (Å²) < 4.78 is 1.26. The van der Waals surface area contributed by atoms with Crippen molar-refractivity contribution in [2.45, 2.75) is 20.4 Å². The van der Waals surface area contributed by atoms with Crippen molar-refractivity contribution in [3.8, 4) is 0 Å². The van der Waals surface area contributed by atoms with E-state index < -0.39 is 5.91 Å². The van der Waals surface area contributed by atoms with Gasteiger partial charge in [0.2, 0.25) is 5.91 Å². The van der Waals surface area contributed by atoms with Gasteiger partial charge < -0.3 is 5.32 Å². The van der Waals surface area contributed by atoms with Gasteiger partial charge in [0.05, 0.1) is 22.9 Å². The summed E-state index contributed by atoms with van der Waals surface area (Å²) in [5.41, 5.74) is 2.12. The van der Waals surface area contributed by atoms with Crippen LogP contribution in [0.1, 0.15) is 22.8 Å². The predicted molar refractivity (Wildman–Crippen MR) is 95.8 cm³/mol. The van der Waals surface area contributed by atoms with E-state index in [2.05, 4.69) is 10.3 Å². The number of nitrogens with one attached hydrogen (secondary N) is 1. The molecule has 0 atom stereocenters. The zero-order valence-electron chi connectivity index (χ0n) is 13.9. The Balaban J connectivity index is 1.87. The van der Waals surface area contributed by atoms with Gasteiger partial charge in [0.1, 0.15) is 6.54 Å². The second-order valence-electron chi connectivity index (χ2n) is 5.80. The Morgan fingerprint density at radius 1 is 1.12 bits per heavy atom. The predicted octanol–water partition coefficient (Wildman–Crippen LogP) is 2.55. The van der Waals surface area contributed by atoms with Crippen LogP contribution in [-0.4, -0.2) is 21.2 Å². The number of fused-ring (bicyclic) bond motifs is 1. The third-order valence-corrected chi connectivity index (χ3v) is 3.95. The van der Waals surface area contributed by atoms with Crippen molar-refractivity contribution in [2.24, 2.45) is 0 Å². The molecule has 0 aliphatic rings. The molecule has 0 saturated heterocycles. The fraction of sp³-hybridized carbons (Fsp3) is 0.158. The van der Waals surface area contributed by atoms with Gasteiger partial charge in [0.25, 0.3) is 5.56 Å². The molecule has 0 fully saturated rings. The number of Topliss-reactive ketones (excluding diaryl/α,β-unsaturated/α-hetero) is 1. The van der Waals surface area contributed by atoms with Crippen molar-refractivity contribution in [3.63, 3.8) is 0 Å². The van der Waals surface area contributed by atoms with Crippen LogP contribution in [0.15, 0.2) is 53.6 Å². The van der Waals surface area contributed by atoms with E-state index in [1.54, 1.807) is 36.4 Å². The number of hydrogen-bond acceptors (Lipinski definition) is 4. The summed E-state index contributed by atoms with van der Waals surface area (Å²) in [7, 11) is 0. The maximum Gasteiger partial charge on any atom is 0.261 e. The lowest BCUT2D eigenvalue weighted by Gasteiger charge is -2.10. The van der Waals surface area contributed by atoms with E-state index in [1.807, 2.05) is 13.0 Å². The standard InChI is InChI=1S/C19H17N3O3/c1-12-6-5-8-15-18(12)20-11-22(19(15)25)10-17(24)21-16-9-4-3-7-14(16)13(2)23/h3-9,11H,10H2,1-2H3,(H,21,24). The molecule has 0 aliphatic heterocycles. The second kappa shape index (κ2) is 6.68. The maximum atomic E-state index is 12.5. The topological polar surface area (TPSA) is 81.1 Å². The number of amides is 1. The minimum atomic E-state index is -0.399. The van der Waals surface area contributed by atoms with E-state index in [1.165, 1.54) is 17.8 Å². The van der Waals surface area contributed by atoms with Gasteiger partial charge >= 0.3 is 0 Å². The Kier molecular flexibility index (Phi) is 4.43. The number of aryl methyl sites for hydroxylation is 1. The summed E-state index contributed by atoms with van der Waals surface area (Å²) >= 11 is 0. The fourth-order valence-corrected chi connectivity index (χ4v) is 2.69. The summed E-state index contributed by atoms with van der Waals surface area (Å²) in [6, 6.07) is 12.1. The number of anilines is 1. The van der Waals surface area contributed by atoms with E-state index in [9.17, 15) is 14.4 Å². The van der Waals surface area contributed by atoms with E-state index in [4.69, 9.17) is 0 Å². The van der Waals surface area contributed by atoms with Crippen LogP contribution < -0.4 is 10.9 Å². The third kappa shape index (κ3) is 3.33. The Hall–Kier alpha value is -3.28. The van der Waals surface area contributed by atoms with Crippen molar-refractivity contribution in [3.05, 3.63) is 70.3 Å². The van der Waals surface area contributed by atoms with Gasteiger partial charge in [-0.1, -0.05) is 24.3 Å². The Labute approximate surface area is 144 Å². The average molecular weight is 335 g/mol. The minimum absolute atomic E-state index is 0.143. The number of benzene rings is 2. The van der Waals surface area contributed by atoms with Gasteiger partial charge in [0.15, 0.2) is 5.78 Å². The van der Waals surface area contributed by atoms with Crippen LogP contribution in [0.4, 0.5) is 5.69 Å². The first-order valence-electron chi connectivity index (χ1n) is 7.82. The molecule has 1 aromatic heterocycles. The molecule has 0 unspecified atom stereocenters. The van der Waals surface area contributed by atoms with Crippen molar-refractivity contribution in [1.29, 1.82) is 0 Å². The smallest absolute Gasteiger partial charge is 0.261 e. The number of ketones is 1. The number of nitrogens with zero attached hydrogens (tertiary/aromatic N) is 2. The number of rotatable bonds is 4. The minimum Gasteiger partial charge on any atom is -0.324 e. The van der Waals surface area contributed by atoms with Crippen molar-refractivity contribution < 1.29 is 9.59 Å². The fourth-order valence-electron chi connectivity index (χ4n) is 2.69. The molecule has 0 aliphatic carbocycles. The SMILES string of the molecule is CC(=O)c1ccccc1NC(=O)Cn1cnc2c(C)cccc2c1=O. The number of para-hydroxylation sites is 2. The normalized spacial score (nSPS) is 10.6. The average Bonchev–Trinajstić information content (AvgIpc) is 2.58. The monoisotopic (exact) mass is 335 g/mol. The molecule has 3 aromatic rings. The van der Waals surface area contributed by atoms with Crippen LogP contribution in [0.5, 0.6) is 0 Å². The summed E-state index contributed by atoms with van der Waals surface area (Å²) in [5.74, 6) is -0.541. The highest BCUT2D eigenvalue weighted by Gasteiger charge is 2.12. The lowest BCUT2D eigenvalue weighted by Crippen LogP contribution is -2.28. The van der Waals surface area contributed by atoms with E-state index in [-0.39, 0.29) is 17.9 Å². The molecular weight excluding hydrogens is 318 g/mol. The summed E-state index contributed by atoms with van der Waals surface area (Å²) in [6.45, 7) is 3.14. The first kappa shape index (κ1) is 16.6. The van der Waals surface area contributed by atoms with Gasteiger partial charge in [0, 0.05) is 5.56 Å². The van der Waals surface area contributed by atoms with Crippen molar-refractivity contribution in [2.75, 3.05) is 5.32 Å². The van der Waals surface area contributed by atoms with Crippen molar-refractivity contribution in [1.82, 2.24) is 9.55 Å². The number of hydrogen-bond donors (Lipinski definition) is 1. The molecular formula is C19H17N3O3. The van der Waals surface area contributed by atoms with E-state index in [0.717, 1.165) is 5.56 Å².